The highest BCUT2D eigenvalue weighted by Gasteiger charge is 2.23. The van der Waals surface area contributed by atoms with Gasteiger partial charge >= 0.3 is 0 Å². The molecule has 1 N–H and O–H groups in total. The van der Waals surface area contributed by atoms with Gasteiger partial charge in [0.15, 0.2) is 0 Å². The number of hydrogen-bond donors (Lipinski definition) is 1. The molecule has 1 aromatic carbocycles. The summed E-state index contributed by atoms with van der Waals surface area (Å²) in [6, 6.07) is 8.89. The van der Waals surface area contributed by atoms with Crippen LogP contribution in [0.3, 0.4) is 0 Å². The lowest BCUT2D eigenvalue weighted by molar-refractivity contribution is 0.400. The lowest BCUT2D eigenvalue weighted by Gasteiger charge is -2.30. The smallest absolute Gasteiger partial charge is 0.0541 e. The number of hydrogen-bond acceptors (Lipinski definition) is 2. The molecule has 1 nitrogen and oxygen atoms in total. The fourth-order valence-electron chi connectivity index (χ4n) is 2.86. The van der Waals surface area contributed by atoms with Crippen LogP contribution in [0.4, 0.5) is 0 Å². The van der Waals surface area contributed by atoms with Crippen LogP contribution in [0.25, 0.3) is 0 Å². The predicted octanol–water partition coefficient (Wildman–Crippen LogP) is 5.52. The van der Waals surface area contributed by atoms with Crippen molar-refractivity contribution in [1.82, 2.24) is 5.32 Å². The second kappa shape index (κ2) is 8.96. The normalized spacial score (nSPS) is 24.1. The first-order valence-electron chi connectivity index (χ1n) is 7.96. The molecule has 0 radical (unpaired) electrons. The second-order valence-corrected chi connectivity index (χ2v) is 7.33. The molecule has 0 bridgehead atoms. The molecule has 2 rings (SSSR count). The van der Waals surface area contributed by atoms with E-state index in [-0.39, 0.29) is 0 Å². The first-order chi connectivity index (χ1) is 9.81. The topological polar surface area (TPSA) is 12.0 Å². The van der Waals surface area contributed by atoms with Gasteiger partial charge in [-0.1, -0.05) is 56.3 Å². The van der Waals surface area contributed by atoms with Gasteiger partial charge < -0.3 is 5.32 Å². The van der Waals surface area contributed by atoms with Crippen LogP contribution >= 0.6 is 23.4 Å². The Hall–Kier alpha value is -0.180. The Labute approximate surface area is 132 Å². The molecular formula is C17H26ClNS. The predicted molar refractivity (Wildman–Crippen MR) is 90.9 cm³/mol. The van der Waals surface area contributed by atoms with Crippen LogP contribution in [0, 0.1) is 0 Å². The highest BCUT2D eigenvalue weighted by molar-refractivity contribution is 8.00. The summed E-state index contributed by atoms with van der Waals surface area (Å²) >= 11 is 8.31. The maximum Gasteiger partial charge on any atom is 0.0541 e. The molecular weight excluding hydrogens is 286 g/mol. The molecule has 3 heteroatoms. The zero-order valence-corrected chi connectivity index (χ0v) is 14.0. The summed E-state index contributed by atoms with van der Waals surface area (Å²) in [7, 11) is 0. The third-order valence-corrected chi connectivity index (χ3v) is 5.89. The Morgan fingerprint density at radius 3 is 2.65 bits per heavy atom. The highest BCUT2D eigenvalue weighted by atomic mass is 35.5. The largest absolute Gasteiger partial charge is 0.313 e. The minimum absolute atomic E-state index is 0.636. The van der Waals surface area contributed by atoms with Crippen molar-refractivity contribution in [1.29, 1.82) is 0 Å². The Kier molecular flexibility index (Phi) is 7.26. The van der Waals surface area contributed by atoms with E-state index in [1.54, 1.807) is 0 Å². The molecule has 1 aromatic rings. The van der Waals surface area contributed by atoms with Crippen LogP contribution in [0.2, 0.25) is 5.02 Å². The van der Waals surface area contributed by atoms with Crippen LogP contribution < -0.4 is 5.32 Å². The maximum absolute atomic E-state index is 6.33. The van der Waals surface area contributed by atoms with E-state index in [1.165, 1.54) is 49.8 Å². The number of rotatable bonds is 5. The van der Waals surface area contributed by atoms with E-state index in [1.807, 2.05) is 23.9 Å². The molecule has 1 aliphatic rings. The molecule has 2 atom stereocenters. The lowest BCUT2D eigenvalue weighted by atomic mass is 9.96. The molecule has 2 unspecified atom stereocenters. The van der Waals surface area contributed by atoms with Gasteiger partial charge in [0, 0.05) is 16.2 Å². The van der Waals surface area contributed by atoms with E-state index in [0.717, 1.165) is 11.6 Å². The zero-order valence-electron chi connectivity index (χ0n) is 12.4. The molecule has 1 aliphatic carbocycles. The standard InChI is InChI=1S/C17H26ClNS/c1-2-13-19-15-10-5-3-4-6-12-17(15)20-16-11-8-7-9-14(16)18/h7-9,11,15,17,19H,2-6,10,12-13H2,1H3. The molecule has 0 saturated heterocycles. The number of halogens is 1. The third kappa shape index (κ3) is 4.98. The van der Waals surface area contributed by atoms with Crippen molar-refractivity contribution < 1.29 is 0 Å². The van der Waals surface area contributed by atoms with Crippen molar-refractivity contribution in [2.45, 2.75) is 68.1 Å². The van der Waals surface area contributed by atoms with Crippen molar-refractivity contribution >= 4 is 23.4 Å². The van der Waals surface area contributed by atoms with Crippen LogP contribution in [-0.2, 0) is 0 Å². The van der Waals surface area contributed by atoms with Gasteiger partial charge in [-0.05, 0) is 37.9 Å². The van der Waals surface area contributed by atoms with E-state index in [9.17, 15) is 0 Å². The summed E-state index contributed by atoms with van der Waals surface area (Å²) in [4.78, 5) is 1.24. The molecule has 112 valence electrons. The summed E-state index contributed by atoms with van der Waals surface area (Å²) in [5, 5.41) is 5.32. The van der Waals surface area contributed by atoms with E-state index in [0.29, 0.717) is 11.3 Å². The fourth-order valence-corrected chi connectivity index (χ4v) is 4.47. The van der Waals surface area contributed by atoms with Gasteiger partial charge in [0.05, 0.1) is 5.02 Å². The van der Waals surface area contributed by atoms with Gasteiger partial charge in [-0.2, -0.15) is 0 Å². The molecule has 0 spiro atoms. The van der Waals surface area contributed by atoms with E-state index >= 15 is 0 Å². The zero-order chi connectivity index (χ0) is 14.2. The Balaban J connectivity index is 2.04. The first-order valence-corrected chi connectivity index (χ1v) is 9.21. The first kappa shape index (κ1) is 16.2. The average Bonchev–Trinajstić information content (AvgIpc) is 2.43. The minimum atomic E-state index is 0.636. The van der Waals surface area contributed by atoms with Gasteiger partial charge in [0.2, 0.25) is 0 Å². The van der Waals surface area contributed by atoms with Gasteiger partial charge in [-0.25, -0.2) is 0 Å². The number of nitrogens with one attached hydrogen (secondary N) is 1. The van der Waals surface area contributed by atoms with Crippen LogP contribution in [0.15, 0.2) is 29.2 Å². The number of thioether (sulfide) groups is 1. The van der Waals surface area contributed by atoms with E-state index < -0.39 is 0 Å². The molecule has 0 aromatic heterocycles. The van der Waals surface area contributed by atoms with E-state index in [4.69, 9.17) is 11.6 Å². The summed E-state index contributed by atoms with van der Waals surface area (Å²) in [6.07, 6.45) is 9.32. The quantitative estimate of drug-likeness (QED) is 0.768. The summed E-state index contributed by atoms with van der Waals surface area (Å²) in [5.41, 5.74) is 0. The van der Waals surface area contributed by atoms with Gasteiger partial charge in [-0.15, -0.1) is 11.8 Å². The number of benzene rings is 1. The van der Waals surface area contributed by atoms with Crippen LogP contribution in [-0.4, -0.2) is 17.8 Å². The Morgan fingerprint density at radius 1 is 1.15 bits per heavy atom. The maximum atomic E-state index is 6.33. The lowest BCUT2D eigenvalue weighted by Crippen LogP contribution is -2.39. The van der Waals surface area contributed by atoms with Crippen molar-refractivity contribution in [3.63, 3.8) is 0 Å². The molecule has 0 amide bonds. The minimum Gasteiger partial charge on any atom is -0.313 e. The third-order valence-electron chi connectivity index (χ3n) is 3.97. The van der Waals surface area contributed by atoms with Crippen molar-refractivity contribution in [2.24, 2.45) is 0 Å². The van der Waals surface area contributed by atoms with Gasteiger partial charge in [0.25, 0.3) is 0 Å². The van der Waals surface area contributed by atoms with Crippen molar-refractivity contribution in [3.8, 4) is 0 Å². The summed E-state index contributed by atoms with van der Waals surface area (Å²) < 4.78 is 0. The Bertz CT molecular complexity index is 394. The van der Waals surface area contributed by atoms with Crippen LogP contribution in [0.1, 0.15) is 51.9 Å². The second-order valence-electron chi connectivity index (χ2n) is 5.64. The molecule has 1 saturated carbocycles. The Morgan fingerprint density at radius 2 is 1.90 bits per heavy atom. The van der Waals surface area contributed by atoms with Crippen molar-refractivity contribution in [3.05, 3.63) is 29.3 Å². The average molecular weight is 312 g/mol. The van der Waals surface area contributed by atoms with E-state index in [2.05, 4.69) is 24.4 Å². The van der Waals surface area contributed by atoms with Gasteiger partial charge in [0.1, 0.15) is 0 Å². The van der Waals surface area contributed by atoms with Gasteiger partial charge in [-0.3, -0.25) is 0 Å². The summed E-state index contributed by atoms with van der Waals surface area (Å²) in [5.74, 6) is 0. The highest BCUT2D eigenvalue weighted by Crippen LogP contribution is 2.36. The fraction of sp³-hybridized carbons (Fsp3) is 0.647. The molecule has 0 heterocycles. The molecule has 1 fully saturated rings. The SMILES string of the molecule is CCCNC1CCCCCCC1Sc1ccccc1Cl. The van der Waals surface area contributed by atoms with Crippen LogP contribution in [0.5, 0.6) is 0 Å². The van der Waals surface area contributed by atoms with Crippen molar-refractivity contribution in [2.75, 3.05) is 6.54 Å². The summed E-state index contributed by atoms with van der Waals surface area (Å²) in [6.45, 7) is 3.37. The molecule has 0 aliphatic heterocycles. The monoisotopic (exact) mass is 311 g/mol. The molecule has 20 heavy (non-hydrogen) atoms.